The van der Waals surface area contributed by atoms with Crippen molar-refractivity contribution in [3.05, 3.63) is 64.6 Å². The maximum absolute atomic E-state index is 6.22. The fourth-order valence-corrected chi connectivity index (χ4v) is 3.46. The zero-order valence-electron chi connectivity index (χ0n) is 12.0. The molecule has 0 amide bonds. The van der Waals surface area contributed by atoms with E-state index in [4.69, 9.17) is 5.73 Å². The van der Waals surface area contributed by atoms with Crippen molar-refractivity contribution in [2.24, 2.45) is 10.7 Å². The molecule has 0 aliphatic carbocycles. The number of guanidine groups is 1. The lowest BCUT2D eigenvalue weighted by Gasteiger charge is -2.39. The average molecular weight is 344 g/mol. The molecule has 1 aliphatic rings. The SMILES string of the molecule is CCC1(c2ccccc2)CN=C(N)N1c1ccccc1Br. The zero-order chi connectivity index (χ0) is 14.9. The lowest BCUT2D eigenvalue weighted by Crippen LogP contribution is -2.49. The highest BCUT2D eigenvalue weighted by atomic mass is 79.9. The molecule has 0 saturated carbocycles. The van der Waals surface area contributed by atoms with Gasteiger partial charge in [-0.3, -0.25) is 9.89 Å². The van der Waals surface area contributed by atoms with Gasteiger partial charge >= 0.3 is 0 Å². The molecule has 4 heteroatoms. The summed E-state index contributed by atoms with van der Waals surface area (Å²) in [4.78, 5) is 6.69. The Morgan fingerprint density at radius 1 is 1.14 bits per heavy atom. The van der Waals surface area contributed by atoms with Gasteiger partial charge in [0.25, 0.3) is 0 Å². The lowest BCUT2D eigenvalue weighted by molar-refractivity contribution is 0.461. The van der Waals surface area contributed by atoms with Gasteiger partial charge in [0.1, 0.15) is 0 Å². The summed E-state index contributed by atoms with van der Waals surface area (Å²) in [6, 6.07) is 18.6. The van der Waals surface area contributed by atoms with Crippen LogP contribution in [-0.2, 0) is 5.54 Å². The van der Waals surface area contributed by atoms with Crippen LogP contribution in [0.2, 0.25) is 0 Å². The minimum atomic E-state index is -0.213. The van der Waals surface area contributed by atoms with Crippen LogP contribution in [0, 0.1) is 0 Å². The molecular formula is C17H18BrN3. The van der Waals surface area contributed by atoms with Crippen molar-refractivity contribution in [1.29, 1.82) is 0 Å². The predicted octanol–water partition coefficient (Wildman–Crippen LogP) is 3.89. The van der Waals surface area contributed by atoms with Gasteiger partial charge in [-0.15, -0.1) is 0 Å². The first kappa shape index (κ1) is 14.1. The topological polar surface area (TPSA) is 41.6 Å². The van der Waals surface area contributed by atoms with Crippen molar-refractivity contribution in [1.82, 2.24) is 0 Å². The molecule has 2 aromatic carbocycles. The number of benzene rings is 2. The van der Waals surface area contributed by atoms with E-state index >= 15 is 0 Å². The van der Waals surface area contributed by atoms with Gasteiger partial charge in [0.05, 0.1) is 17.8 Å². The molecule has 0 saturated heterocycles. The van der Waals surface area contributed by atoms with Crippen molar-refractivity contribution >= 4 is 27.6 Å². The number of rotatable bonds is 3. The van der Waals surface area contributed by atoms with Crippen LogP contribution < -0.4 is 10.6 Å². The highest BCUT2D eigenvalue weighted by Crippen LogP contribution is 2.41. The molecule has 2 aromatic rings. The highest BCUT2D eigenvalue weighted by molar-refractivity contribution is 9.10. The van der Waals surface area contributed by atoms with Crippen LogP contribution >= 0.6 is 15.9 Å². The Kier molecular flexibility index (Phi) is 3.72. The molecule has 2 N–H and O–H groups in total. The minimum absolute atomic E-state index is 0.213. The number of aliphatic imine (C=N–C) groups is 1. The molecule has 3 rings (SSSR count). The van der Waals surface area contributed by atoms with Gasteiger partial charge < -0.3 is 5.73 Å². The second kappa shape index (κ2) is 5.53. The van der Waals surface area contributed by atoms with Crippen molar-refractivity contribution in [3.63, 3.8) is 0 Å². The Hall–Kier alpha value is -1.81. The number of hydrogen-bond acceptors (Lipinski definition) is 3. The maximum Gasteiger partial charge on any atom is 0.196 e. The van der Waals surface area contributed by atoms with Crippen LogP contribution in [-0.4, -0.2) is 12.5 Å². The molecule has 108 valence electrons. The summed E-state index contributed by atoms with van der Waals surface area (Å²) in [6.07, 6.45) is 0.933. The van der Waals surface area contributed by atoms with Crippen LogP contribution in [0.5, 0.6) is 0 Å². The highest BCUT2D eigenvalue weighted by Gasteiger charge is 2.43. The van der Waals surface area contributed by atoms with Crippen molar-refractivity contribution in [2.45, 2.75) is 18.9 Å². The van der Waals surface area contributed by atoms with Gasteiger partial charge in [-0.05, 0) is 40.0 Å². The summed E-state index contributed by atoms with van der Waals surface area (Å²) in [6.45, 7) is 2.87. The van der Waals surface area contributed by atoms with Crippen molar-refractivity contribution < 1.29 is 0 Å². The molecule has 0 aromatic heterocycles. The minimum Gasteiger partial charge on any atom is -0.369 e. The second-order valence-corrected chi connectivity index (χ2v) is 6.07. The first-order valence-corrected chi connectivity index (χ1v) is 7.88. The molecule has 1 aliphatic heterocycles. The summed E-state index contributed by atoms with van der Waals surface area (Å²) < 4.78 is 1.03. The standard InChI is InChI=1S/C17H18BrN3/c1-2-17(13-8-4-3-5-9-13)12-20-16(19)21(17)15-11-7-6-10-14(15)18/h3-11H,2,12H2,1H3,(H2,19,20). The van der Waals surface area contributed by atoms with Gasteiger partial charge in [-0.25, -0.2) is 0 Å². The van der Waals surface area contributed by atoms with Gasteiger partial charge in [0, 0.05) is 4.47 Å². The predicted molar refractivity (Wildman–Crippen MR) is 91.5 cm³/mol. The normalized spacial score (nSPS) is 21.4. The maximum atomic E-state index is 6.22. The van der Waals surface area contributed by atoms with E-state index in [0.717, 1.165) is 16.6 Å². The number of anilines is 1. The summed E-state index contributed by atoms with van der Waals surface area (Å²) >= 11 is 3.63. The van der Waals surface area contributed by atoms with Crippen LogP contribution in [0.4, 0.5) is 5.69 Å². The molecular weight excluding hydrogens is 326 g/mol. The molecule has 0 radical (unpaired) electrons. The quantitative estimate of drug-likeness (QED) is 0.918. The Labute approximate surface area is 133 Å². The molecule has 1 heterocycles. The van der Waals surface area contributed by atoms with E-state index in [1.165, 1.54) is 5.56 Å². The van der Waals surface area contributed by atoms with E-state index in [1.807, 2.05) is 24.3 Å². The Balaban J connectivity index is 2.16. The third-order valence-corrected chi connectivity index (χ3v) is 4.82. The average Bonchev–Trinajstić information content (AvgIpc) is 2.87. The molecule has 0 fully saturated rings. The molecule has 1 unspecified atom stereocenters. The Morgan fingerprint density at radius 3 is 2.48 bits per heavy atom. The number of nitrogens with zero attached hydrogens (tertiary/aromatic N) is 2. The van der Waals surface area contributed by atoms with E-state index in [1.54, 1.807) is 0 Å². The second-order valence-electron chi connectivity index (χ2n) is 5.21. The lowest BCUT2D eigenvalue weighted by atomic mass is 9.86. The zero-order valence-corrected chi connectivity index (χ0v) is 13.5. The number of nitrogens with two attached hydrogens (primary N) is 1. The number of halogens is 1. The first-order valence-electron chi connectivity index (χ1n) is 7.09. The largest absolute Gasteiger partial charge is 0.369 e. The van der Waals surface area contributed by atoms with E-state index in [9.17, 15) is 0 Å². The van der Waals surface area contributed by atoms with Crippen LogP contribution in [0.1, 0.15) is 18.9 Å². The Bertz CT molecular complexity index is 669. The van der Waals surface area contributed by atoms with E-state index in [2.05, 4.69) is 63.1 Å². The fourth-order valence-electron chi connectivity index (χ4n) is 3.00. The van der Waals surface area contributed by atoms with Gasteiger partial charge in [0.2, 0.25) is 0 Å². The van der Waals surface area contributed by atoms with Gasteiger partial charge in [0.15, 0.2) is 5.96 Å². The van der Waals surface area contributed by atoms with Crippen molar-refractivity contribution in [3.8, 4) is 0 Å². The summed E-state index contributed by atoms with van der Waals surface area (Å²) in [5, 5.41) is 0. The first-order chi connectivity index (χ1) is 10.2. The van der Waals surface area contributed by atoms with Gasteiger partial charge in [-0.2, -0.15) is 0 Å². The fraction of sp³-hybridized carbons (Fsp3) is 0.235. The summed E-state index contributed by atoms with van der Waals surface area (Å²) in [5.41, 5.74) is 8.31. The van der Waals surface area contributed by atoms with E-state index in [-0.39, 0.29) is 5.54 Å². The third kappa shape index (κ3) is 2.23. The van der Waals surface area contributed by atoms with E-state index < -0.39 is 0 Å². The molecule has 21 heavy (non-hydrogen) atoms. The Morgan fingerprint density at radius 2 is 1.81 bits per heavy atom. The van der Waals surface area contributed by atoms with Crippen LogP contribution in [0.3, 0.4) is 0 Å². The number of hydrogen-bond donors (Lipinski definition) is 1. The smallest absolute Gasteiger partial charge is 0.196 e. The van der Waals surface area contributed by atoms with Crippen molar-refractivity contribution in [2.75, 3.05) is 11.4 Å². The molecule has 1 atom stereocenters. The molecule has 3 nitrogen and oxygen atoms in total. The summed E-state index contributed by atoms with van der Waals surface area (Å²) in [7, 11) is 0. The number of para-hydroxylation sites is 1. The third-order valence-electron chi connectivity index (χ3n) is 4.15. The van der Waals surface area contributed by atoms with Crippen LogP contribution in [0.15, 0.2) is 64.1 Å². The van der Waals surface area contributed by atoms with Gasteiger partial charge in [-0.1, -0.05) is 49.4 Å². The van der Waals surface area contributed by atoms with Crippen LogP contribution in [0.25, 0.3) is 0 Å². The van der Waals surface area contributed by atoms with E-state index in [0.29, 0.717) is 12.5 Å². The molecule has 0 spiro atoms. The monoisotopic (exact) mass is 343 g/mol. The molecule has 0 bridgehead atoms. The summed E-state index contributed by atoms with van der Waals surface area (Å²) in [5.74, 6) is 0.576.